The molecule has 2 aromatic carbocycles. The molecule has 4 rings (SSSR count). The fourth-order valence-corrected chi connectivity index (χ4v) is 5.94. The maximum atomic E-state index is 13.9. The Morgan fingerprint density at radius 1 is 1.24 bits per heavy atom. The van der Waals surface area contributed by atoms with Crippen LogP contribution in [0.5, 0.6) is 5.75 Å². The van der Waals surface area contributed by atoms with Gasteiger partial charge in [-0.3, -0.25) is 4.79 Å². The zero-order valence-corrected chi connectivity index (χ0v) is 19.7. The molecule has 0 bridgehead atoms. The Labute approximate surface area is 186 Å². The van der Waals surface area contributed by atoms with E-state index in [1.165, 1.54) is 18.4 Å². The lowest BCUT2D eigenvalue weighted by Gasteiger charge is -2.41. The highest BCUT2D eigenvalue weighted by atomic mass is 79.9. The van der Waals surface area contributed by atoms with E-state index in [1.807, 2.05) is 19.1 Å². The second-order valence-electron chi connectivity index (χ2n) is 8.61. The van der Waals surface area contributed by atoms with Crippen molar-refractivity contribution >= 4 is 33.5 Å². The predicted molar refractivity (Wildman–Crippen MR) is 123 cm³/mol. The van der Waals surface area contributed by atoms with Gasteiger partial charge in [-0.15, -0.1) is 11.8 Å². The minimum absolute atomic E-state index is 0.184. The van der Waals surface area contributed by atoms with Crippen LogP contribution in [0.3, 0.4) is 0 Å². The summed E-state index contributed by atoms with van der Waals surface area (Å²) in [4.78, 5) is 17.5. The van der Waals surface area contributed by atoms with Gasteiger partial charge in [0.25, 0.3) is 0 Å². The van der Waals surface area contributed by atoms with Crippen LogP contribution < -0.4 is 4.74 Å². The van der Waals surface area contributed by atoms with Gasteiger partial charge < -0.3 is 9.64 Å². The van der Waals surface area contributed by atoms with Crippen molar-refractivity contribution < 1.29 is 9.53 Å². The molecule has 2 aliphatic heterocycles. The van der Waals surface area contributed by atoms with Gasteiger partial charge in [0, 0.05) is 22.5 Å². The average molecular weight is 474 g/mol. The van der Waals surface area contributed by atoms with E-state index in [4.69, 9.17) is 4.74 Å². The van der Waals surface area contributed by atoms with Gasteiger partial charge in [-0.2, -0.15) is 0 Å². The van der Waals surface area contributed by atoms with Crippen molar-refractivity contribution in [3.05, 3.63) is 57.6 Å². The van der Waals surface area contributed by atoms with Crippen LogP contribution in [-0.2, 0) is 0 Å². The number of carbonyl (C=O) groups excluding carboxylic acids is 1. The third-order valence-corrected chi connectivity index (χ3v) is 8.12. The summed E-state index contributed by atoms with van der Waals surface area (Å²) in [5.74, 6) is 1.57. The average Bonchev–Trinajstić information content (AvgIpc) is 2.69. The second kappa shape index (κ2) is 8.44. The van der Waals surface area contributed by atoms with Gasteiger partial charge in [-0.05, 0) is 69.0 Å². The van der Waals surface area contributed by atoms with Crippen molar-refractivity contribution in [1.82, 2.24) is 4.90 Å². The van der Waals surface area contributed by atoms with Crippen LogP contribution >= 0.6 is 27.7 Å². The summed E-state index contributed by atoms with van der Waals surface area (Å²) in [7, 11) is 0. The van der Waals surface area contributed by atoms with Gasteiger partial charge in [0.2, 0.25) is 0 Å². The molecule has 2 aliphatic rings. The highest BCUT2D eigenvalue weighted by molar-refractivity contribution is 9.10. The van der Waals surface area contributed by atoms with Gasteiger partial charge in [0.1, 0.15) is 17.1 Å². The van der Waals surface area contributed by atoms with Gasteiger partial charge in [0.05, 0.1) is 5.56 Å². The molecule has 2 heterocycles. The monoisotopic (exact) mass is 473 g/mol. The number of carbonyl (C=O) groups is 1. The Morgan fingerprint density at radius 2 is 2.00 bits per heavy atom. The topological polar surface area (TPSA) is 29.5 Å². The van der Waals surface area contributed by atoms with Crippen LogP contribution in [0.25, 0.3) is 0 Å². The Morgan fingerprint density at radius 3 is 2.72 bits per heavy atom. The number of hydrogen-bond acceptors (Lipinski definition) is 4. The maximum Gasteiger partial charge on any atom is 0.187 e. The number of aryl methyl sites for hydroxylation is 2. The smallest absolute Gasteiger partial charge is 0.187 e. The van der Waals surface area contributed by atoms with Crippen LogP contribution in [-0.4, -0.2) is 41.7 Å². The molecule has 2 atom stereocenters. The molecule has 0 N–H and O–H groups in total. The van der Waals surface area contributed by atoms with Crippen LogP contribution in [0.4, 0.5) is 0 Å². The highest BCUT2D eigenvalue weighted by Gasteiger charge is 2.47. The number of ether oxygens (including phenoxy) is 1. The fourth-order valence-electron chi connectivity index (χ4n) is 4.31. The molecule has 0 saturated carbocycles. The van der Waals surface area contributed by atoms with Crippen molar-refractivity contribution in [2.75, 3.05) is 26.2 Å². The number of rotatable bonds is 4. The van der Waals surface area contributed by atoms with Crippen molar-refractivity contribution in [3.8, 4) is 5.75 Å². The standard InChI is InChI=1S/C24H28BrNO2S/c1-16-6-8-19(9-7-16)29-24(14-26-10-4-5-17(2)13-26)15-28-22-11-18(3)21(25)12-20(22)23(24)27/h6-9,11-12,17H,4-5,10,13-15H2,1-3H3/t17-,24-/m1/s1. The molecule has 0 amide bonds. The van der Waals surface area contributed by atoms with Gasteiger partial charge in [-0.25, -0.2) is 0 Å². The lowest BCUT2D eigenvalue weighted by molar-refractivity contribution is 0.0786. The molecule has 1 fully saturated rings. The summed E-state index contributed by atoms with van der Waals surface area (Å²) >= 11 is 5.26. The molecule has 154 valence electrons. The minimum Gasteiger partial charge on any atom is -0.491 e. The van der Waals surface area contributed by atoms with Crippen LogP contribution in [0.15, 0.2) is 45.8 Å². The number of benzene rings is 2. The summed E-state index contributed by atoms with van der Waals surface area (Å²) < 4.78 is 6.54. The summed E-state index contributed by atoms with van der Waals surface area (Å²) in [6, 6.07) is 12.4. The first kappa shape index (κ1) is 21.0. The number of likely N-dealkylation sites (tertiary alicyclic amines) is 1. The van der Waals surface area contributed by atoms with Crippen LogP contribution in [0.1, 0.15) is 41.3 Å². The van der Waals surface area contributed by atoms with E-state index >= 15 is 0 Å². The van der Waals surface area contributed by atoms with Crippen LogP contribution in [0.2, 0.25) is 0 Å². The lowest BCUT2D eigenvalue weighted by atomic mass is 9.91. The zero-order chi connectivity index (χ0) is 20.6. The van der Waals surface area contributed by atoms with E-state index in [1.54, 1.807) is 11.8 Å². The molecule has 1 saturated heterocycles. The second-order valence-corrected chi connectivity index (χ2v) is 10.9. The van der Waals surface area contributed by atoms with E-state index < -0.39 is 4.75 Å². The lowest BCUT2D eigenvalue weighted by Crippen LogP contribution is -2.54. The number of nitrogens with zero attached hydrogens (tertiary/aromatic N) is 1. The molecule has 0 unspecified atom stereocenters. The summed E-state index contributed by atoms with van der Waals surface area (Å²) in [6.07, 6.45) is 2.47. The first-order chi connectivity index (χ1) is 13.9. The first-order valence-corrected chi connectivity index (χ1v) is 11.9. The van der Waals surface area contributed by atoms with Crippen molar-refractivity contribution in [1.29, 1.82) is 0 Å². The quantitative estimate of drug-likeness (QED) is 0.552. The summed E-state index contributed by atoms with van der Waals surface area (Å²) in [6.45, 7) is 9.65. The SMILES string of the molecule is Cc1ccc(S[C@]2(CN3CCC[C@@H](C)C3)COc3cc(C)c(Br)cc3C2=O)cc1. The maximum absolute atomic E-state index is 13.9. The van der Waals surface area contributed by atoms with Crippen molar-refractivity contribution in [3.63, 3.8) is 0 Å². The van der Waals surface area contributed by atoms with Crippen molar-refractivity contribution in [2.45, 2.75) is 43.3 Å². The minimum atomic E-state index is -0.631. The highest BCUT2D eigenvalue weighted by Crippen LogP contribution is 2.43. The van der Waals surface area contributed by atoms with Gasteiger partial charge >= 0.3 is 0 Å². The normalized spacial score (nSPS) is 24.8. The molecule has 2 aromatic rings. The molecule has 0 aromatic heterocycles. The number of halogens is 1. The molecular formula is C24H28BrNO2S. The Hall–Kier alpha value is -1.30. The molecule has 3 nitrogen and oxygen atoms in total. The van der Waals surface area contributed by atoms with E-state index in [9.17, 15) is 4.79 Å². The number of Topliss-reactive ketones (excluding diaryl/α,β-unsaturated/α-hetero) is 1. The van der Waals surface area contributed by atoms with E-state index in [0.29, 0.717) is 23.8 Å². The molecule has 0 radical (unpaired) electrons. The largest absolute Gasteiger partial charge is 0.491 e. The molecule has 0 aliphatic carbocycles. The number of hydrogen-bond donors (Lipinski definition) is 0. The number of ketones is 1. The fraction of sp³-hybridized carbons (Fsp3) is 0.458. The van der Waals surface area contributed by atoms with Crippen molar-refractivity contribution in [2.24, 2.45) is 5.92 Å². The van der Waals surface area contributed by atoms with Crippen LogP contribution in [0, 0.1) is 19.8 Å². The third kappa shape index (κ3) is 4.42. The summed E-state index contributed by atoms with van der Waals surface area (Å²) in [5, 5.41) is 0. The van der Waals surface area contributed by atoms with E-state index in [-0.39, 0.29) is 5.78 Å². The Balaban J connectivity index is 1.70. The predicted octanol–water partition coefficient (Wildman–Crippen LogP) is 5.90. The molecule has 29 heavy (non-hydrogen) atoms. The first-order valence-electron chi connectivity index (χ1n) is 10.3. The summed E-state index contributed by atoms with van der Waals surface area (Å²) in [5.41, 5.74) is 3.00. The van der Waals surface area contributed by atoms with Gasteiger partial charge in [0.15, 0.2) is 5.78 Å². The Bertz CT molecular complexity index is 914. The molecule has 5 heteroatoms. The van der Waals surface area contributed by atoms with Gasteiger partial charge in [-0.1, -0.05) is 40.5 Å². The van der Waals surface area contributed by atoms with E-state index in [0.717, 1.165) is 34.6 Å². The van der Waals surface area contributed by atoms with E-state index in [2.05, 4.69) is 58.9 Å². The number of thioether (sulfide) groups is 1. The third-order valence-electron chi connectivity index (χ3n) is 5.93. The number of piperidine rings is 1. The Kier molecular flexibility index (Phi) is 6.10. The molecule has 0 spiro atoms. The zero-order valence-electron chi connectivity index (χ0n) is 17.3. The number of fused-ring (bicyclic) bond motifs is 1. The molecular weight excluding hydrogens is 446 g/mol.